The Labute approximate surface area is 119 Å². The second-order valence-electron chi connectivity index (χ2n) is 4.35. The van der Waals surface area contributed by atoms with Crippen molar-refractivity contribution in [2.24, 2.45) is 4.99 Å². The molecule has 0 N–H and O–H groups in total. The summed E-state index contributed by atoms with van der Waals surface area (Å²) >= 11 is 0. The number of rotatable bonds is 6. The molecule has 0 spiro atoms. The highest BCUT2D eigenvalue weighted by Crippen LogP contribution is 2.29. The van der Waals surface area contributed by atoms with Crippen LogP contribution < -0.4 is 9.47 Å². The van der Waals surface area contributed by atoms with Gasteiger partial charge in [-0.25, -0.2) is 0 Å². The molecule has 0 saturated heterocycles. The van der Waals surface area contributed by atoms with E-state index in [1.807, 2.05) is 42.6 Å². The Bertz CT molecular complexity index is 564. The molecule has 3 heteroatoms. The minimum Gasteiger partial charge on any atom is -0.493 e. The molecule has 104 valence electrons. The molecule has 0 aliphatic carbocycles. The molecule has 0 unspecified atom stereocenters. The molecular weight excluding hydrogens is 250 g/mol. The topological polar surface area (TPSA) is 30.8 Å². The van der Waals surface area contributed by atoms with E-state index >= 15 is 0 Å². The number of hydrogen-bond donors (Lipinski definition) is 0. The highest BCUT2D eigenvalue weighted by molar-refractivity contribution is 5.85. The number of aliphatic imine (C=N–C) groups is 1. The maximum absolute atomic E-state index is 5.37. The predicted octanol–water partition coefficient (Wildman–Crippen LogP) is 3.37. The van der Waals surface area contributed by atoms with E-state index < -0.39 is 0 Å². The predicted molar refractivity (Wildman–Crippen MR) is 82.2 cm³/mol. The van der Waals surface area contributed by atoms with Crippen molar-refractivity contribution in [1.82, 2.24) is 0 Å². The zero-order valence-electron chi connectivity index (χ0n) is 11.9. The van der Waals surface area contributed by atoms with Crippen molar-refractivity contribution in [3.63, 3.8) is 0 Å². The van der Waals surface area contributed by atoms with Crippen LogP contribution in [0.15, 0.2) is 53.5 Å². The molecule has 0 aliphatic heterocycles. The van der Waals surface area contributed by atoms with Crippen LogP contribution in [0.5, 0.6) is 11.5 Å². The SMILES string of the molecule is COc1cccc(C=NCCc2ccccc2)c1OC. The maximum atomic E-state index is 5.37. The van der Waals surface area contributed by atoms with Crippen molar-refractivity contribution >= 4 is 6.21 Å². The minimum atomic E-state index is 0.721. The molecule has 0 bridgehead atoms. The molecule has 0 aliphatic rings. The average molecular weight is 269 g/mol. The van der Waals surface area contributed by atoms with Crippen LogP contribution >= 0.6 is 0 Å². The van der Waals surface area contributed by atoms with Gasteiger partial charge in [0, 0.05) is 18.3 Å². The first-order valence-corrected chi connectivity index (χ1v) is 6.60. The summed E-state index contributed by atoms with van der Waals surface area (Å²) in [7, 11) is 3.27. The Morgan fingerprint density at radius 3 is 2.45 bits per heavy atom. The molecular formula is C17H19NO2. The quantitative estimate of drug-likeness (QED) is 0.753. The fourth-order valence-electron chi connectivity index (χ4n) is 2.01. The van der Waals surface area contributed by atoms with Gasteiger partial charge >= 0.3 is 0 Å². The van der Waals surface area contributed by atoms with E-state index in [9.17, 15) is 0 Å². The van der Waals surface area contributed by atoms with Gasteiger partial charge < -0.3 is 9.47 Å². The number of benzene rings is 2. The van der Waals surface area contributed by atoms with Crippen molar-refractivity contribution < 1.29 is 9.47 Å². The summed E-state index contributed by atoms with van der Waals surface area (Å²) in [5, 5.41) is 0. The van der Waals surface area contributed by atoms with Crippen molar-refractivity contribution in [2.75, 3.05) is 20.8 Å². The van der Waals surface area contributed by atoms with E-state index in [0.717, 1.165) is 30.0 Å². The smallest absolute Gasteiger partial charge is 0.169 e. The zero-order valence-corrected chi connectivity index (χ0v) is 11.9. The summed E-state index contributed by atoms with van der Waals surface area (Å²) in [6.07, 6.45) is 2.77. The van der Waals surface area contributed by atoms with Gasteiger partial charge in [-0.15, -0.1) is 0 Å². The Balaban J connectivity index is 2.01. The van der Waals surface area contributed by atoms with Crippen LogP contribution in [0.2, 0.25) is 0 Å². The van der Waals surface area contributed by atoms with Crippen LogP contribution in [0.3, 0.4) is 0 Å². The summed E-state index contributed by atoms with van der Waals surface area (Å²) in [6.45, 7) is 0.754. The van der Waals surface area contributed by atoms with Crippen LogP contribution in [0.1, 0.15) is 11.1 Å². The summed E-state index contributed by atoms with van der Waals surface area (Å²) in [4.78, 5) is 4.46. The molecule has 20 heavy (non-hydrogen) atoms. The molecule has 2 rings (SSSR count). The Morgan fingerprint density at radius 2 is 1.75 bits per heavy atom. The van der Waals surface area contributed by atoms with Gasteiger partial charge in [0.05, 0.1) is 14.2 Å². The monoisotopic (exact) mass is 269 g/mol. The fraction of sp³-hybridized carbons (Fsp3) is 0.235. The molecule has 0 amide bonds. The van der Waals surface area contributed by atoms with Crippen molar-refractivity contribution in [1.29, 1.82) is 0 Å². The third-order valence-corrected chi connectivity index (χ3v) is 3.04. The number of nitrogens with zero attached hydrogens (tertiary/aromatic N) is 1. The summed E-state index contributed by atoms with van der Waals surface area (Å²) in [6, 6.07) is 16.1. The standard InChI is InChI=1S/C17H19NO2/c1-19-16-10-6-9-15(17(16)20-2)13-18-12-11-14-7-4-3-5-8-14/h3-10,13H,11-12H2,1-2H3. The molecule has 3 nitrogen and oxygen atoms in total. The fourth-order valence-corrected chi connectivity index (χ4v) is 2.01. The molecule has 0 heterocycles. The van der Waals surface area contributed by atoms with Gasteiger partial charge in [-0.2, -0.15) is 0 Å². The molecule has 0 radical (unpaired) electrons. The van der Waals surface area contributed by atoms with Crippen molar-refractivity contribution in [2.45, 2.75) is 6.42 Å². The first kappa shape index (κ1) is 14.1. The number of ether oxygens (including phenoxy) is 2. The summed E-state index contributed by atoms with van der Waals surface area (Å²) in [5.74, 6) is 1.44. The first-order valence-electron chi connectivity index (χ1n) is 6.60. The Morgan fingerprint density at radius 1 is 0.950 bits per heavy atom. The van der Waals surface area contributed by atoms with Crippen LogP contribution in [-0.4, -0.2) is 27.0 Å². The van der Waals surface area contributed by atoms with Crippen molar-refractivity contribution in [3.8, 4) is 11.5 Å². The van der Waals surface area contributed by atoms with E-state index in [1.54, 1.807) is 14.2 Å². The Kier molecular flexibility index (Phi) is 5.18. The Hall–Kier alpha value is -2.29. The van der Waals surface area contributed by atoms with Crippen LogP contribution in [-0.2, 0) is 6.42 Å². The highest BCUT2D eigenvalue weighted by atomic mass is 16.5. The minimum absolute atomic E-state index is 0.721. The van der Waals surface area contributed by atoms with Gasteiger partial charge in [-0.05, 0) is 24.1 Å². The molecule has 2 aromatic carbocycles. The van der Waals surface area contributed by atoms with E-state index in [-0.39, 0.29) is 0 Å². The lowest BCUT2D eigenvalue weighted by Crippen LogP contribution is -1.96. The van der Waals surface area contributed by atoms with Gasteiger partial charge in [0.15, 0.2) is 11.5 Å². The molecule has 2 aromatic rings. The van der Waals surface area contributed by atoms with Gasteiger partial charge in [-0.1, -0.05) is 36.4 Å². The van der Waals surface area contributed by atoms with E-state index in [0.29, 0.717) is 0 Å². The lowest BCUT2D eigenvalue weighted by molar-refractivity contribution is 0.354. The van der Waals surface area contributed by atoms with Crippen LogP contribution in [0.4, 0.5) is 0 Å². The van der Waals surface area contributed by atoms with Crippen LogP contribution in [0, 0.1) is 0 Å². The number of hydrogen-bond acceptors (Lipinski definition) is 3. The van der Waals surface area contributed by atoms with Crippen molar-refractivity contribution in [3.05, 3.63) is 59.7 Å². The largest absolute Gasteiger partial charge is 0.493 e. The first-order chi connectivity index (χ1) is 9.85. The maximum Gasteiger partial charge on any atom is 0.169 e. The zero-order chi connectivity index (χ0) is 14.2. The molecule has 0 atom stereocenters. The molecule has 0 aromatic heterocycles. The molecule has 0 saturated carbocycles. The highest BCUT2D eigenvalue weighted by Gasteiger charge is 2.06. The second-order valence-corrected chi connectivity index (χ2v) is 4.35. The average Bonchev–Trinajstić information content (AvgIpc) is 2.52. The van der Waals surface area contributed by atoms with Crippen LogP contribution in [0.25, 0.3) is 0 Å². The molecule has 0 fully saturated rings. The summed E-state index contributed by atoms with van der Waals surface area (Å²) in [5.41, 5.74) is 2.22. The van der Waals surface area contributed by atoms with E-state index in [2.05, 4.69) is 17.1 Å². The van der Waals surface area contributed by atoms with Gasteiger partial charge in [0.25, 0.3) is 0 Å². The summed E-state index contributed by atoms with van der Waals surface area (Å²) < 4.78 is 10.6. The number of para-hydroxylation sites is 1. The third-order valence-electron chi connectivity index (χ3n) is 3.04. The number of methoxy groups -OCH3 is 2. The van der Waals surface area contributed by atoms with Gasteiger partial charge in [-0.3, -0.25) is 4.99 Å². The van der Waals surface area contributed by atoms with E-state index in [1.165, 1.54) is 5.56 Å². The normalized spacial score (nSPS) is 10.7. The lowest BCUT2D eigenvalue weighted by atomic mass is 10.1. The van der Waals surface area contributed by atoms with Gasteiger partial charge in [0.2, 0.25) is 0 Å². The lowest BCUT2D eigenvalue weighted by Gasteiger charge is -2.09. The second kappa shape index (κ2) is 7.34. The van der Waals surface area contributed by atoms with Gasteiger partial charge in [0.1, 0.15) is 0 Å². The third kappa shape index (κ3) is 3.60. The van der Waals surface area contributed by atoms with E-state index in [4.69, 9.17) is 9.47 Å².